The summed E-state index contributed by atoms with van der Waals surface area (Å²) < 4.78 is 25.9. The maximum atomic E-state index is 9.19. The zero-order chi connectivity index (χ0) is 12.2. The van der Waals surface area contributed by atoms with Crippen LogP contribution in [0, 0.1) is 0 Å². The van der Waals surface area contributed by atoms with Crippen LogP contribution in [0.1, 0.15) is 0 Å². The predicted octanol–water partition coefficient (Wildman–Crippen LogP) is 3.80. The summed E-state index contributed by atoms with van der Waals surface area (Å²) in [5.74, 6) is 0. The van der Waals surface area contributed by atoms with E-state index < -0.39 is 10.1 Å². The van der Waals surface area contributed by atoms with Crippen LogP contribution in [0.4, 0.5) is 0 Å². The molecule has 0 aliphatic carbocycles. The normalized spacial score (nSPS) is 10.5. The average Bonchev–Trinajstić information content (AvgIpc) is 2.05. The van der Waals surface area contributed by atoms with E-state index in [4.69, 9.17) is 51.0 Å². The van der Waals surface area contributed by atoms with Gasteiger partial charge in [0.2, 0.25) is 0 Å². The van der Waals surface area contributed by atoms with E-state index in [-0.39, 0.29) is 0 Å². The SMILES string of the molecule is CS(=O)(=O)O.Clc1ccc(Cl)c(Cl)c1Cl. The average molecular weight is 312 g/mol. The van der Waals surface area contributed by atoms with Crippen LogP contribution in [-0.4, -0.2) is 19.2 Å². The smallest absolute Gasteiger partial charge is 0.261 e. The first-order chi connectivity index (χ1) is 6.63. The highest BCUT2D eigenvalue weighted by Gasteiger charge is 2.05. The molecule has 15 heavy (non-hydrogen) atoms. The van der Waals surface area contributed by atoms with E-state index in [0.29, 0.717) is 26.3 Å². The van der Waals surface area contributed by atoms with Crippen molar-refractivity contribution in [2.75, 3.05) is 6.26 Å². The Kier molecular flexibility index (Phi) is 6.25. The quantitative estimate of drug-likeness (QED) is 0.450. The van der Waals surface area contributed by atoms with Gasteiger partial charge in [-0.1, -0.05) is 46.4 Å². The molecular weight excluding hydrogens is 306 g/mol. The van der Waals surface area contributed by atoms with Crippen molar-refractivity contribution in [3.8, 4) is 0 Å². The number of benzene rings is 1. The highest BCUT2D eigenvalue weighted by Crippen LogP contribution is 2.34. The first-order valence-corrected chi connectivity index (χ1v) is 6.70. The van der Waals surface area contributed by atoms with E-state index in [1.165, 1.54) is 0 Å². The van der Waals surface area contributed by atoms with Crippen molar-refractivity contribution in [1.82, 2.24) is 0 Å². The molecule has 0 saturated heterocycles. The van der Waals surface area contributed by atoms with E-state index in [1.807, 2.05) is 0 Å². The van der Waals surface area contributed by atoms with Gasteiger partial charge in [0.1, 0.15) is 0 Å². The zero-order valence-electron chi connectivity index (χ0n) is 7.34. The second kappa shape index (κ2) is 6.13. The number of halogens is 4. The Labute approximate surface area is 108 Å². The van der Waals surface area contributed by atoms with Crippen LogP contribution in [0.25, 0.3) is 0 Å². The second-order valence-electron chi connectivity index (χ2n) is 2.39. The van der Waals surface area contributed by atoms with Crippen LogP contribution in [-0.2, 0) is 10.1 Å². The molecule has 86 valence electrons. The third-order valence-electron chi connectivity index (χ3n) is 0.988. The number of rotatable bonds is 0. The standard InChI is InChI=1S/C6H2Cl4.CH4O3S/c7-3-1-2-4(8)6(10)5(3)9;1-5(2,3)4/h1-2H;1H3,(H,2,3,4). The lowest BCUT2D eigenvalue weighted by molar-refractivity contribution is 0.490. The van der Waals surface area contributed by atoms with Gasteiger partial charge in [-0.3, -0.25) is 4.55 Å². The van der Waals surface area contributed by atoms with Gasteiger partial charge in [0, 0.05) is 0 Å². The maximum absolute atomic E-state index is 9.19. The Bertz CT molecular complexity index is 409. The van der Waals surface area contributed by atoms with Crippen LogP contribution in [0.15, 0.2) is 12.1 Å². The lowest BCUT2D eigenvalue weighted by Gasteiger charge is -1.98. The van der Waals surface area contributed by atoms with Gasteiger partial charge < -0.3 is 0 Å². The van der Waals surface area contributed by atoms with Gasteiger partial charge in [0.25, 0.3) is 10.1 Å². The molecule has 0 bridgehead atoms. The van der Waals surface area contributed by atoms with Gasteiger partial charge in [0.05, 0.1) is 26.3 Å². The van der Waals surface area contributed by atoms with Crippen molar-refractivity contribution in [3.63, 3.8) is 0 Å². The summed E-state index contributed by atoms with van der Waals surface area (Å²) in [5.41, 5.74) is 0. The Hall–Kier alpha value is 0.290. The molecule has 0 amide bonds. The van der Waals surface area contributed by atoms with Gasteiger partial charge in [0.15, 0.2) is 0 Å². The summed E-state index contributed by atoms with van der Waals surface area (Å²) in [5, 5.41) is 1.43. The molecule has 0 saturated carbocycles. The highest BCUT2D eigenvalue weighted by atomic mass is 35.5. The summed E-state index contributed by atoms with van der Waals surface area (Å²) >= 11 is 22.5. The topological polar surface area (TPSA) is 54.4 Å². The van der Waals surface area contributed by atoms with Crippen LogP contribution in [0.2, 0.25) is 20.1 Å². The molecule has 1 rings (SSSR count). The summed E-state index contributed by atoms with van der Waals surface area (Å²) in [6, 6.07) is 3.19. The maximum Gasteiger partial charge on any atom is 0.261 e. The fourth-order valence-corrected chi connectivity index (χ4v) is 1.24. The summed E-state index contributed by atoms with van der Waals surface area (Å²) in [4.78, 5) is 0. The Morgan fingerprint density at radius 1 is 1.00 bits per heavy atom. The van der Waals surface area contributed by atoms with Crippen LogP contribution in [0.3, 0.4) is 0 Å². The van der Waals surface area contributed by atoms with Gasteiger partial charge in [-0.2, -0.15) is 8.42 Å². The molecule has 0 spiro atoms. The Morgan fingerprint density at radius 3 is 1.40 bits per heavy atom. The minimum Gasteiger partial charge on any atom is -0.286 e. The van der Waals surface area contributed by atoms with E-state index in [9.17, 15) is 8.42 Å². The molecule has 0 aliphatic rings. The molecule has 3 nitrogen and oxygen atoms in total. The van der Waals surface area contributed by atoms with Crippen LogP contribution < -0.4 is 0 Å². The van der Waals surface area contributed by atoms with E-state index >= 15 is 0 Å². The Morgan fingerprint density at radius 2 is 1.20 bits per heavy atom. The lowest BCUT2D eigenvalue weighted by Crippen LogP contribution is -1.88. The van der Waals surface area contributed by atoms with Crippen molar-refractivity contribution in [2.24, 2.45) is 0 Å². The second-order valence-corrected chi connectivity index (χ2v) is 5.43. The summed E-state index contributed by atoms with van der Waals surface area (Å²) in [7, 11) is -3.67. The molecule has 0 unspecified atom stereocenters. The number of hydrogen-bond donors (Lipinski definition) is 1. The molecule has 0 radical (unpaired) electrons. The third-order valence-corrected chi connectivity index (χ3v) is 2.69. The molecule has 0 heterocycles. The van der Waals surface area contributed by atoms with E-state index in [0.717, 1.165) is 0 Å². The first-order valence-electron chi connectivity index (χ1n) is 3.34. The molecular formula is C7H6Cl4O3S. The molecule has 1 aromatic carbocycles. The monoisotopic (exact) mass is 310 g/mol. The van der Waals surface area contributed by atoms with E-state index in [1.54, 1.807) is 12.1 Å². The Balaban J connectivity index is 0.000000336. The van der Waals surface area contributed by atoms with Gasteiger partial charge in [-0.15, -0.1) is 0 Å². The molecule has 0 aliphatic heterocycles. The zero-order valence-corrected chi connectivity index (χ0v) is 11.2. The van der Waals surface area contributed by atoms with Crippen molar-refractivity contribution in [1.29, 1.82) is 0 Å². The fourth-order valence-electron chi connectivity index (χ4n) is 0.502. The number of hydrogen-bond acceptors (Lipinski definition) is 2. The summed E-state index contributed by atoms with van der Waals surface area (Å²) in [6.07, 6.45) is 0.715. The third kappa shape index (κ3) is 7.22. The van der Waals surface area contributed by atoms with Crippen molar-refractivity contribution in [2.45, 2.75) is 0 Å². The first kappa shape index (κ1) is 15.3. The fraction of sp³-hybridized carbons (Fsp3) is 0.143. The van der Waals surface area contributed by atoms with Gasteiger partial charge >= 0.3 is 0 Å². The molecule has 8 heteroatoms. The molecule has 1 N–H and O–H groups in total. The van der Waals surface area contributed by atoms with Gasteiger partial charge in [-0.25, -0.2) is 0 Å². The minimum atomic E-state index is -3.67. The van der Waals surface area contributed by atoms with E-state index in [2.05, 4.69) is 0 Å². The molecule has 0 fully saturated rings. The van der Waals surface area contributed by atoms with Gasteiger partial charge in [-0.05, 0) is 12.1 Å². The predicted molar refractivity (Wildman–Crippen MR) is 64.0 cm³/mol. The molecule has 0 aromatic heterocycles. The van der Waals surface area contributed by atoms with Crippen LogP contribution in [0.5, 0.6) is 0 Å². The minimum absolute atomic E-state index is 0.302. The van der Waals surface area contributed by atoms with Crippen molar-refractivity contribution >= 4 is 56.5 Å². The molecule has 1 aromatic rings. The summed E-state index contributed by atoms with van der Waals surface area (Å²) in [6.45, 7) is 0. The largest absolute Gasteiger partial charge is 0.286 e. The highest BCUT2D eigenvalue weighted by molar-refractivity contribution is 7.85. The van der Waals surface area contributed by atoms with Crippen molar-refractivity contribution < 1.29 is 13.0 Å². The van der Waals surface area contributed by atoms with Crippen molar-refractivity contribution in [3.05, 3.63) is 32.2 Å². The molecule has 0 atom stereocenters. The lowest BCUT2D eigenvalue weighted by atomic mass is 10.4. The van der Waals surface area contributed by atoms with Crippen LogP contribution >= 0.6 is 46.4 Å².